The quantitative estimate of drug-likeness (QED) is 0.755. The van der Waals surface area contributed by atoms with E-state index in [1.165, 1.54) is 18.5 Å². The number of thiophene rings is 1. The highest BCUT2D eigenvalue weighted by Crippen LogP contribution is 2.27. The van der Waals surface area contributed by atoms with Crippen molar-refractivity contribution in [2.24, 2.45) is 0 Å². The molecule has 6 nitrogen and oxygen atoms in total. The number of aryl methyl sites for hydroxylation is 1. The van der Waals surface area contributed by atoms with E-state index in [9.17, 15) is 14.0 Å². The predicted molar refractivity (Wildman–Crippen MR) is 86.0 cm³/mol. The van der Waals surface area contributed by atoms with E-state index in [4.69, 9.17) is 16.7 Å². The largest absolute Gasteiger partial charge is 0.477 e. The molecular weight excluding hydrogens is 345 g/mol. The molecule has 2 N–H and O–H groups in total. The number of hydrogen-bond acceptors (Lipinski definition) is 5. The highest BCUT2D eigenvalue weighted by Gasteiger charge is 2.19. The van der Waals surface area contributed by atoms with Crippen molar-refractivity contribution in [3.05, 3.63) is 56.2 Å². The van der Waals surface area contributed by atoms with Gasteiger partial charge in [-0.15, -0.1) is 11.3 Å². The van der Waals surface area contributed by atoms with Crippen LogP contribution in [0.5, 0.6) is 0 Å². The molecule has 3 rings (SSSR count). The van der Waals surface area contributed by atoms with Crippen LogP contribution in [0.3, 0.4) is 0 Å². The number of aromatic carboxylic acids is 1. The van der Waals surface area contributed by atoms with E-state index in [-0.39, 0.29) is 15.3 Å². The molecule has 9 heteroatoms. The summed E-state index contributed by atoms with van der Waals surface area (Å²) in [6.45, 7) is 1.56. The van der Waals surface area contributed by atoms with Crippen LogP contribution in [0.25, 0.3) is 10.2 Å². The minimum Gasteiger partial charge on any atom is -0.477 e. The molecule has 0 amide bonds. The van der Waals surface area contributed by atoms with Crippen LogP contribution < -0.4 is 11.0 Å². The Kier molecular flexibility index (Phi) is 3.78. The standard InChI is InChI=1S/C14H9ClFN3O3S/c1-6-10-12(23-11(6)14(21)22)17-5-19(13(10)20)18-9-3-2-7(16)4-8(9)15/h2-5,18H,1H3,(H,21,22). The lowest BCUT2D eigenvalue weighted by molar-refractivity contribution is 0.0701. The van der Waals surface area contributed by atoms with Gasteiger partial charge in [-0.1, -0.05) is 11.6 Å². The molecule has 0 radical (unpaired) electrons. The number of anilines is 1. The topological polar surface area (TPSA) is 84.2 Å². The zero-order chi connectivity index (χ0) is 16.7. The molecule has 0 spiro atoms. The molecule has 118 valence electrons. The van der Waals surface area contributed by atoms with Crippen LogP contribution in [0, 0.1) is 12.7 Å². The fourth-order valence-corrected chi connectivity index (χ4v) is 3.31. The van der Waals surface area contributed by atoms with Crippen molar-refractivity contribution in [1.82, 2.24) is 9.66 Å². The van der Waals surface area contributed by atoms with Crippen LogP contribution in [-0.4, -0.2) is 20.7 Å². The second-order valence-electron chi connectivity index (χ2n) is 4.70. The average molecular weight is 354 g/mol. The first kappa shape index (κ1) is 15.4. The number of carboxylic acid groups (broad SMARTS) is 1. The molecule has 0 bridgehead atoms. The zero-order valence-electron chi connectivity index (χ0n) is 11.6. The lowest BCUT2D eigenvalue weighted by atomic mass is 10.2. The molecule has 0 saturated carbocycles. The highest BCUT2D eigenvalue weighted by molar-refractivity contribution is 7.20. The Morgan fingerprint density at radius 2 is 2.22 bits per heavy atom. The lowest BCUT2D eigenvalue weighted by Crippen LogP contribution is -2.26. The molecule has 0 aliphatic heterocycles. The third kappa shape index (κ3) is 2.66. The van der Waals surface area contributed by atoms with Crippen molar-refractivity contribution >= 4 is 44.8 Å². The van der Waals surface area contributed by atoms with E-state index in [0.29, 0.717) is 16.1 Å². The Morgan fingerprint density at radius 1 is 1.48 bits per heavy atom. The lowest BCUT2D eigenvalue weighted by Gasteiger charge is -2.10. The predicted octanol–water partition coefficient (Wildman–Crippen LogP) is 3.13. The minimum absolute atomic E-state index is 0.0714. The van der Waals surface area contributed by atoms with Gasteiger partial charge in [0.1, 0.15) is 21.9 Å². The van der Waals surface area contributed by atoms with Crippen molar-refractivity contribution in [3.8, 4) is 0 Å². The highest BCUT2D eigenvalue weighted by atomic mass is 35.5. The van der Waals surface area contributed by atoms with Gasteiger partial charge in [0.05, 0.1) is 16.1 Å². The monoisotopic (exact) mass is 353 g/mol. The number of halogens is 2. The number of benzene rings is 1. The summed E-state index contributed by atoms with van der Waals surface area (Å²) in [4.78, 5) is 28.2. The summed E-state index contributed by atoms with van der Waals surface area (Å²) in [5.74, 6) is -1.60. The molecule has 0 unspecified atom stereocenters. The van der Waals surface area contributed by atoms with Gasteiger partial charge in [0.2, 0.25) is 0 Å². The number of hydrogen-bond donors (Lipinski definition) is 2. The first-order valence-corrected chi connectivity index (χ1v) is 7.54. The van der Waals surface area contributed by atoms with Gasteiger partial charge in [0.25, 0.3) is 5.56 Å². The molecule has 2 aromatic heterocycles. The third-order valence-corrected chi connectivity index (χ3v) is 4.72. The summed E-state index contributed by atoms with van der Waals surface area (Å²) < 4.78 is 14.1. The first-order chi connectivity index (χ1) is 10.9. The maximum absolute atomic E-state index is 13.1. The fraction of sp³-hybridized carbons (Fsp3) is 0.0714. The summed E-state index contributed by atoms with van der Waals surface area (Å²) >= 11 is 6.85. The summed E-state index contributed by atoms with van der Waals surface area (Å²) in [7, 11) is 0. The van der Waals surface area contributed by atoms with Crippen molar-refractivity contribution in [2.75, 3.05) is 5.43 Å². The van der Waals surface area contributed by atoms with Crippen molar-refractivity contribution in [3.63, 3.8) is 0 Å². The second kappa shape index (κ2) is 5.64. The molecule has 0 aliphatic rings. The molecule has 3 aromatic rings. The van der Waals surface area contributed by atoms with E-state index < -0.39 is 17.3 Å². The van der Waals surface area contributed by atoms with Gasteiger partial charge in [-0.3, -0.25) is 10.2 Å². The number of fused-ring (bicyclic) bond motifs is 1. The zero-order valence-corrected chi connectivity index (χ0v) is 13.2. The number of aromatic nitrogens is 2. The Morgan fingerprint density at radius 3 is 2.87 bits per heavy atom. The van der Waals surface area contributed by atoms with Crippen molar-refractivity contribution in [2.45, 2.75) is 6.92 Å². The third-order valence-electron chi connectivity index (χ3n) is 3.22. The molecular formula is C14H9ClFN3O3S. The number of carboxylic acids is 1. The van der Waals surface area contributed by atoms with Gasteiger partial charge in [0, 0.05) is 0 Å². The number of carbonyl (C=O) groups is 1. The van der Waals surface area contributed by atoms with Gasteiger partial charge < -0.3 is 5.11 Å². The summed E-state index contributed by atoms with van der Waals surface area (Å²) in [5.41, 5.74) is 2.94. The Bertz CT molecular complexity index is 999. The number of nitrogens with zero attached hydrogens (tertiary/aromatic N) is 2. The van der Waals surface area contributed by atoms with Crippen LogP contribution in [0.4, 0.5) is 10.1 Å². The second-order valence-corrected chi connectivity index (χ2v) is 6.10. The van der Waals surface area contributed by atoms with Gasteiger partial charge in [-0.2, -0.15) is 0 Å². The maximum atomic E-state index is 13.1. The van der Waals surface area contributed by atoms with E-state index in [1.807, 2.05) is 0 Å². The Hall–Kier alpha value is -2.45. The summed E-state index contributed by atoms with van der Waals surface area (Å²) in [6, 6.07) is 3.69. The summed E-state index contributed by atoms with van der Waals surface area (Å²) in [5, 5.41) is 9.45. The van der Waals surface area contributed by atoms with Crippen LogP contribution in [0.1, 0.15) is 15.2 Å². The van der Waals surface area contributed by atoms with Gasteiger partial charge in [-0.05, 0) is 30.7 Å². The molecule has 1 aromatic carbocycles. The normalized spacial score (nSPS) is 10.9. The van der Waals surface area contributed by atoms with Gasteiger partial charge in [0.15, 0.2) is 0 Å². The van der Waals surface area contributed by atoms with Gasteiger partial charge >= 0.3 is 5.97 Å². The average Bonchev–Trinajstić information content (AvgIpc) is 2.82. The van der Waals surface area contributed by atoms with E-state index >= 15 is 0 Å². The fourth-order valence-electron chi connectivity index (χ4n) is 2.12. The molecule has 2 heterocycles. The SMILES string of the molecule is Cc1c(C(=O)O)sc2ncn(Nc3ccc(F)cc3Cl)c(=O)c12. The molecule has 0 aliphatic carbocycles. The van der Waals surface area contributed by atoms with E-state index in [1.54, 1.807) is 6.92 Å². The van der Waals surface area contributed by atoms with Gasteiger partial charge in [-0.25, -0.2) is 18.8 Å². The minimum atomic E-state index is -1.11. The van der Waals surface area contributed by atoms with Crippen LogP contribution in [0.2, 0.25) is 5.02 Å². The van der Waals surface area contributed by atoms with Crippen LogP contribution in [0.15, 0.2) is 29.3 Å². The molecule has 0 saturated heterocycles. The Balaban J connectivity index is 2.12. The molecule has 0 atom stereocenters. The summed E-state index contributed by atoms with van der Waals surface area (Å²) in [6.07, 6.45) is 1.23. The van der Waals surface area contributed by atoms with Crippen molar-refractivity contribution < 1.29 is 14.3 Å². The first-order valence-electron chi connectivity index (χ1n) is 6.34. The van der Waals surface area contributed by atoms with Crippen molar-refractivity contribution in [1.29, 1.82) is 0 Å². The number of nitrogens with one attached hydrogen (secondary N) is 1. The number of rotatable bonds is 3. The molecule has 23 heavy (non-hydrogen) atoms. The van der Waals surface area contributed by atoms with E-state index in [0.717, 1.165) is 22.1 Å². The maximum Gasteiger partial charge on any atom is 0.346 e. The smallest absolute Gasteiger partial charge is 0.346 e. The van der Waals surface area contributed by atoms with E-state index in [2.05, 4.69) is 10.4 Å². The molecule has 0 fully saturated rings. The van der Waals surface area contributed by atoms with Crippen LogP contribution in [-0.2, 0) is 0 Å². The van der Waals surface area contributed by atoms with Crippen LogP contribution >= 0.6 is 22.9 Å². The Labute approximate surface area is 137 Å².